The van der Waals surface area contributed by atoms with Gasteiger partial charge in [-0.3, -0.25) is 9.69 Å². The number of rotatable bonds is 13. The van der Waals surface area contributed by atoms with Crippen LogP contribution in [0.1, 0.15) is 73.1 Å². The molecule has 0 radical (unpaired) electrons. The third-order valence-electron chi connectivity index (χ3n) is 5.41. The smallest absolute Gasteiger partial charge is 0.408 e. The van der Waals surface area contributed by atoms with Gasteiger partial charge in [-0.05, 0) is 64.5 Å². The minimum Gasteiger partial charge on any atom is -0.494 e. The molecule has 0 bridgehead atoms. The second-order valence-corrected chi connectivity index (χ2v) is 9.39. The molecule has 0 fully saturated rings. The zero-order valence-electron chi connectivity index (χ0n) is 21.3. The van der Waals surface area contributed by atoms with Crippen molar-refractivity contribution < 1.29 is 29.0 Å². The Balaban J connectivity index is 2.91. The van der Waals surface area contributed by atoms with Gasteiger partial charge in [0.25, 0.3) is 5.91 Å². The molecule has 0 spiro atoms. The fourth-order valence-electron chi connectivity index (χ4n) is 3.70. The van der Waals surface area contributed by atoms with E-state index in [-0.39, 0.29) is 0 Å². The number of carboxylic acid groups (broad SMARTS) is 1. The van der Waals surface area contributed by atoms with Crippen molar-refractivity contribution in [2.24, 2.45) is 0 Å². The molecule has 34 heavy (non-hydrogen) atoms. The van der Waals surface area contributed by atoms with Crippen LogP contribution in [0.4, 0.5) is 10.5 Å². The molecule has 8 heteroatoms. The first-order valence-corrected chi connectivity index (χ1v) is 11.8. The number of amides is 2. The number of hydrogen-bond donors (Lipinski definition) is 2. The Morgan fingerprint density at radius 2 is 1.59 bits per heavy atom. The van der Waals surface area contributed by atoms with E-state index in [1.165, 1.54) is 45.8 Å². The fraction of sp³-hybridized carbons (Fsp3) is 0.577. The molecule has 1 aromatic carbocycles. The molecule has 0 unspecified atom stereocenters. The summed E-state index contributed by atoms with van der Waals surface area (Å²) in [5, 5.41) is 12.6. The van der Waals surface area contributed by atoms with E-state index in [9.17, 15) is 19.5 Å². The maximum absolute atomic E-state index is 13.3. The summed E-state index contributed by atoms with van der Waals surface area (Å²) < 4.78 is 10.4. The highest BCUT2D eigenvalue weighted by molar-refractivity contribution is 6.02. The highest BCUT2D eigenvalue weighted by Crippen LogP contribution is 2.29. The highest BCUT2D eigenvalue weighted by Gasteiger charge is 2.46. The lowest BCUT2D eigenvalue weighted by Gasteiger charge is -2.44. The Morgan fingerprint density at radius 3 is 2.12 bits per heavy atom. The molecule has 2 N–H and O–H groups in total. The van der Waals surface area contributed by atoms with Gasteiger partial charge in [-0.1, -0.05) is 39.0 Å². The molecular formula is C26H40N2O6. The van der Waals surface area contributed by atoms with Crippen molar-refractivity contribution in [3.63, 3.8) is 0 Å². The summed E-state index contributed by atoms with van der Waals surface area (Å²) in [6.45, 7) is 9.30. The number of hydrogen-bond acceptors (Lipinski definition) is 5. The Hall–Kier alpha value is -3.03. The van der Waals surface area contributed by atoms with Crippen molar-refractivity contribution in [3.05, 3.63) is 36.4 Å². The van der Waals surface area contributed by atoms with Crippen molar-refractivity contribution in [2.75, 3.05) is 19.0 Å². The van der Waals surface area contributed by atoms with Crippen LogP contribution in [0.5, 0.6) is 5.75 Å². The van der Waals surface area contributed by atoms with Gasteiger partial charge in [-0.15, -0.1) is 0 Å². The lowest BCUT2D eigenvalue weighted by atomic mass is 9.91. The number of esters is 1. The number of benzene rings is 1. The van der Waals surface area contributed by atoms with Crippen molar-refractivity contribution in [1.29, 1.82) is 0 Å². The number of ether oxygens (including phenoxy) is 2. The predicted molar refractivity (Wildman–Crippen MR) is 133 cm³/mol. The molecule has 0 aliphatic carbocycles. The topological polar surface area (TPSA) is 105 Å². The summed E-state index contributed by atoms with van der Waals surface area (Å²) in [5.74, 6) is -0.599. The number of nitrogens with zero attached hydrogens (tertiary/aromatic N) is 1. The Labute approximate surface area is 203 Å². The molecule has 0 aliphatic rings. The van der Waals surface area contributed by atoms with Gasteiger partial charge in [0.05, 0.1) is 13.7 Å². The molecular weight excluding hydrogens is 436 g/mol. The van der Waals surface area contributed by atoms with Crippen LogP contribution in [0.3, 0.4) is 0 Å². The van der Waals surface area contributed by atoms with Gasteiger partial charge in [0, 0.05) is 17.3 Å². The quantitative estimate of drug-likeness (QED) is 0.217. The monoisotopic (exact) mass is 476 g/mol. The minimum absolute atomic E-state index is 0.480. The molecule has 1 atom stereocenters. The van der Waals surface area contributed by atoms with Gasteiger partial charge >= 0.3 is 12.1 Å². The third kappa shape index (κ3) is 9.08. The third-order valence-corrected chi connectivity index (χ3v) is 5.41. The van der Waals surface area contributed by atoms with Crippen LogP contribution in [0.2, 0.25) is 0 Å². The summed E-state index contributed by atoms with van der Waals surface area (Å²) in [6, 6.07) is 6.91. The van der Waals surface area contributed by atoms with Crippen LogP contribution in [-0.4, -0.2) is 52.8 Å². The fourth-order valence-corrected chi connectivity index (χ4v) is 3.70. The predicted octanol–water partition coefficient (Wildman–Crippen LogP) is 5.63. The van der Waals surface area contributed by atoms with Crippen LogP contribution in [0.15, 0.2) is 36.4 Å². The van der Waals surface area contributed by atoms with E-state index in [4.69, 9.17) is 4.74 Å². The van der Waals surface area contributed by atoms with E-state index in [1.807, 2.05) is 0 Å². The first-order chi connectivity index (χ1) is 16.0. The number of carbonyl (C=O) groups is 3. The van der Waals surface area contributed by atoms with Crippen molar-refractivity contribution in [2.45, 2.75) is 84.2 Å². The molecule has 0 heterocycles. The maximum Gasteiger partial charge on any atom is 0.408 e. The van der Waals surface area contributed by atoms with E-state index >= 15 is 0 Å². The Morgan fingerprint density at radius 1 is 1.00 bits per heavy atom. The number of unbranched alkanes of at least 4 members (excludes halogenated alkanes) is 5. The average Bonchev–Trinajstić information content (AvgIpc) is 2.76. The molecule has 0 aliphatic heterocycles. The highest BCUT2D eigenvalue weighted by atomic mass is 16.5. The molecule has 1 aromatic rings. The van der Waals surface area contributed by atoms with Crippen LogP contribution >= 0.6 is 0 Å². The molecule has 2 amide bonds. The molecule has 0 aromatic heterocycles. The van der Waals surface area contributed by atoms with E-state index in [0.29, 0.717) is 18.0 Å². The van der Waals surface area contributed by atoms with Gasteiger partial charge in [0.15, 0.2) is 0 Å². The maximum atomic E-state index is 13.3. The van der Waals surface area contributed by atoms with Crippen LogP contribution < -0.4 is 10.1 Å². The van der Waals surface area contributed by atoms with Crippen LogP contribution in [0.25, 0.3) is 0 Å². The van der Waals surface area contributed by atoms with E-state index in [1.54, 1.807) is 45.0 Å². The van der Waals surface area contributed by atoms with E-state index in [2.05, 4.69) is 17.0 Å². The lowest BCUT2D eigenvalue weighted by molar-refractivity contribution is -0.134. The minimum atomic E-state index is -1.68. The van der Waals surface area contributed by atoms with E-state index < -0.39 is 29.0 Å². The standard InChI is InChI=1S/C26H40N2O6/c1-7-8-9-10-11-12-19-34-21-15-13-20(14-16-21)27-23(30)26(5,18-17-22(29)33-6)28(24(31)32)25(2,3)4/h13-18H,7-12,19H2,1-6H3,(H,27,30)(H,31,32)/b18-17+/t26-/m0/s1. The van der Waals surface area contributed by atoms with Crippen molar-refractivity contribution >= 4 is 23.7 Å². The van der Waals surface area contributed by atoms with Gasteiger partial charge in [0.1, 0.15) is 11.3 Å². The summed E-state index contributed by atoms with van der Waals surface area (Å²) in [4.78, 5) is 38.0. The van der Waals surface area contributed by atoms with Crippen LogP contribution in [0, 0.1) is 0 Å². The van der Waals surface area contributed by atoms with Crippen molar-refractivity contribution in [3.8, 4) is 5.75 Å². The number of carbonyl (C=O) groups excluding carboxylic acids is 2. The van der Waals surface area contributed by atoms with Crippen molar-refractivity contribution in [1.82, 2.24) is 4.90 Å². The number of methoxy groups -OCH3 is 1. The molecule has 1 rings (SSSR count). The zero-order chi connectivity index (χ0) is 25.8. The summed E-state index contributed by atoms with van der Waals surface area (Å²) in [5.41, 5.74) is -2.12. The normalized spacial score (nSPS) is 13.2. The summed E-state index contributed by atoms with van der Waals surface area (Å²) in [6.07, 6.45) is 8.10. The zero-order valence-corrected chi connectivity index (χ0v) is 21.3. The Bertz CT molecular complexity index is 829. The van der Waals surface area contributed by atoms with Gasteiger partial charge < -0.3 is 19.9 Å². The molecule has 0 saturated carbocycles. The van der Waals surface area contributed by atoms with Gasteiger partial charge in [-0.25, -0.2) is 9.59 Å². The van der Waals surface area contributed by atoms with Crippen LogP contribution in [-0.2, 0) is 14.3 Å². The van der Waals surface area contributed by atoms with Gasteiger partial charge in [0.2, 0.25) is 0 Å². The lowest BCUT2D eigenvalue weighted by Crippen LogP contribution is -2.62. The molecule has 8 nitrogen and oxygen atoms in total. The second kappa shape index (κ2) is 13.6. The number of nitrogens with one attached hydrogen (secondary N) is 1. The SMILES string of the molecule is CCCCCCCCOc1ccc(NC(=O)[C@](C)(/C=C/C(=O)OC)N(C(=O)O)C(C)(C)C)cc1. The average molecular weight is 477 g/mol. The van der Waals surface area contributed by atoms with Gasteiger partial charge in [-0.2, -0.15) is 0 Å². The summed E-state index contributed by atoms with van der Waals surface area (Å²) >= 11 is 0. The molecule has 0 saturated heterocycles. The number of anilines is 1. The Kier molecular flexibility index (Phi) is 11.6. The molecule has 190 valence electrons. The summed E-state index contributed by atoms with van der Waals surface area (Å²) in [7, 11) is 1.21. The van der Waals surface area contributed by atoms with E-state index in [0.717, 1.165) is 23.8 Å². The first-order valence-electron chi connectivity index (χ1n) is 11.8. The first kappa shape index (κ1) is 29.0. The largest absolute Gasteiger partial charge is 0.494 e. The second-order valence-electron chi connectivity index (χ2n) is 9.39.